The van der Waals surface area contributed by atoms with Gasteiger partial charge in [0, 0.05) is 11.0 Å². The highest BCUT2D eigenvalue weighted by Gasteiger charge is 2.16. The third kappa shape index (κ3) is 3.53. The molecular weight excluding hydrogens is 299 g/mol. The fraction of sp³-hybridized carbons (Fsp3) is 0.462. The Kier molecular flexibility index (Phi) is 4.72. The second kappa shape index (κ2) is 6.29. The molecule has 1 aromatic carbocycles. The van der Waals surface area contributed by atoms with E-state index >= 15 is 0 Å². The van der Waals surface area contributed by atoms with Gasteiger partial charge in [0.25, 0.3) is 5.91 Å². The van der Waals surface area contributed by atoms with E-state index in [1.807, 2.05) is 0 Å². The molecule has 0 unspecified atom stereocenters. The minimum atomic E-state index is -0.485. The fourth-order valence-electron chi connectivity index (χ4n) is 2.09. The summed E-state index contributed by atoms with van der Waals surface area (Å²) in [4.78, 5) is 11.9. The summed E-state index contributed by atoms with van der Waals surface area (Å²) < 4.78 is 14.2. The summed E-state index contributed by atoms with van der Waals surface area (Å²) in [7, 11) is 0. The Hall–Kier alpha value is -0.940. The maximum absolute atomic E-state index is 13.5. The van der Waals surface area contributed by atoms with Crippen molar-refractivity contribution in [1.82, 2.24) is 10.6 Å². The van der Waals surface area contributed by atoms with E-state index in [2.05, 4.69) is 26.6 Å². The summed E-state index contributed by atoms with van der Waals surface area (Å²) in [6.45, 7) is 2.60. The first-order chi connectivity index (χ1) is 8.66. The number of benzene rings is 1. The molecule has 0 aliphatic carbocycles. The number of amides is 1. The zero-order valence-electron chi connectivity index (χ0n) is 10.0. The number of piperidine rings is 1. The first kappa shape index (κ1) is 13.5. The van der Waals surface area contributed by atoms with Gasteiger partial charge in [0.15, 0.2) is 0 Å². The van der Waals surface area contributed by atoms with Crippen molar-refractivity contribution in [2.24, 2.45) is 5.92 Å². The van der Waals surface area contributed by atoms with Crippen molar-refractivity contribution in [3.05, 3.63) is 34.1 Å². The van der Waals surface area contributed by atoms with Crippen LogP contribution in [0.2, 0.25) is 0 Å². The van der Waals surface area contributed by atoms with Gasteiger partial charge in [-0.05, 0) is 50.0 Å². The van der Waals surface area contributed by atoms with Crippen LogP contribution in [0.4, 0.5) is 4.39 Å². The second-order valence-electron chi connectivity index (χ2n) is 4.53. The van der Waals surface area contributed by atoms with Crippen LogP contribution in [0, 0.1) is 11.7 Å². The summed E-state index contributed by atoms with van der Waals surface area (Å²) >= 11 is 3.24. The topological polar surface area (TPSA) is 41.1 Å². The van der Waals surface area contributed by atoms with Crippen LogP contribution in [0.3, 0.4) is 0 Å². The number of halogens is 2. The number of hydrogen-bond donors (Lipinski definition) is 2. The predicted octanol–water partition coefficient (Wildman–Crippen LogP) is 2.32. The molecule has 0 radical (unpaired) electrons. The van der Waals surface area contributed by atoms with Gasteiger partial charge in [-0.3, -0.25) is 4.79 Å². The average molecular weight is 315 g/mol. The quantitative estimate of drug-likeness (QED) is 0.899. The molecule has 1 amide bonds. The normalized spacial score (nSPS) is 16.6. The van der Waals surface area contributed by atoms with Crippen molar-refractivity contribution in [1.29, 1.82) is 0 Å². The Morgan fingerprint density at radius 2 is 2.17 bits per heavy atom. The highest BCUT2D eigenvalue weighted by Crippen LogP contribution is 2.16. The van der Waals surface area contributed by atoms with Crippen molar-refractivity contribution < 1.29 is 9.18 Å². The fourth-order valence-corrected chi connectivity index (χ4v) is 2.45. The molecule has 5 heteroatoms. The zero-order chi connectivity index (χ0) is 13.0. The molecular formula is C13H16BrFN2O. The van der Waals surface area contributed by atoms with Gasteiger partial charge in [0.2, 0.25) is 0 Å². The molecule has 1 heterocycles. The predicted molar refractivity (Wildman–Crippen MR) is 72.0 cm³/mol. The Labute approximate surface area is 114 Å². The average Bonchev–Trinajstić information content (AvgIpc) is 2.40. The molecule has 2 N–H and O–H groups in total. The molecule has 18 heavy (non-hydrogen) atoms. The standard InChI is InChI=1S/C13H16BrFN2O/c14-10-1-2-12(15)11(7-10)13(18)17-8-9-3-5-16-6-4-9/h1-2,7,9,16H,3-6,8H2,(H,17,18). The summed E-state index contributed by atoms with van der Waals surface area (Å²) in [5, 5.41) is 6.08. The number of nitrogens with one attached hydrogen (secondary N) is 2. The van der Waals surface area contributed by atoms with Crippen LogP contribution in [-0.2, 0) is 0 Å². The highest BCUT2D eigenvalue weighted by molar-refractivity contribution is 9.10. The first-order valence-electron chi connectivity index (χ1n) is 6.11. The molecule has 1 aliphatic rings. The third-order valence-electron chi connectivity index (χ3n) is 3.18. The van der Waals surface area contributed by atoms with Crippen molar-refractivity contribution in [2.45, 2.75) is 12.8 Å². The number of carbonyl (C=O) groups is 1. The SMILES string of the molecule is O=C(NCC1CCNCC1)c1cc(Br)ccc1F. The molecule has 0 saturated carbocycles. The lowest BCUT2D eigenvalue weighted by Gasteiger charge is -2.22. The molecule has 98 valence electrons. The van der Waals surface area contributed by atoms with Gasteiger partial charge in [-0.1, -0.05) is 15.9 Å². The van der Waals surface area contributed by atoms with Gasteiger partial charge < -0.3 is 10.6 Å². The van der Waals surface area contributed by atoms with E-state index in [-0.39, 0.29) is 11.5 Å². The Bertz CT molecular complexity index is 433. The van der Waals surface area contributed by atoms with Crippen molar-refractivity contribution in [2.75, 3.05) is 19.6 Å². The van der Waals surface area contributed by atoms with Gasteiger partial charge in [-0.2, -0.15) is 0 Å². The van der Waals surface area contributed by atoms with Crippen LogP contribution >= 0.6 is 15.9 Å². The molecule has 2 rings (SSSR count). The summed E-state index contributed by atoms with van der Waals surface area (Å²) in [6.07, 6.45) is 2.11. The molecule has 3 nitrogen and oxygen atoms in total. The van der Waals surface area contributed by atoms with E-state index in [0.29, 0.717) is 16.9 Å². The Morgan fingerprint density at radius 1 is 1.44 bits per heavy atom. The second-order valence-corrected chi connectivity index (χ2v) is 5.44. The lowest BCUT2D eigenvalue weighted by molar-refractivity contribution is 0.0940. The van der Waals surface area contributed by atoms with Crippen LogP contribution in [0.5, 0.6) is 0 Å². The molecule has 1 saturated heterocycles. The van der Waals surface area contributed by atoms with E-state index in [9.17, 15) is 9.18 Å². The lowest BCUT2D eigenvalue weighted by atomic mass is 9.98. The molecule has 0 aromatic heterocycles. The van der Waals surface area contributed by atoms with Crippen molar-refractivity contribution >= 4 is 21.8 Å². The summed E-state index contributed by atoms with van der Waals surface area (Å²) in [5.74, 6) is -0.334. The number of hydrogen-bond acceptors (Lipinski definition) is 2. The van der Waals surface area contributed by atoms with Crippen molar-refractivity contribution in [3.8, 4) is 0 Å². The van der Waals surface area contributed by atoms with Crippen LogP contribution in [0.1, 0.15) is 23.2 Å². The van der Waals surface area contributed by atoms with Crippen molar-refractivity contribution in [3.63, 3.8) is 0 Å². The molecule has 0 spiro atoms. The zero-order valence-corrected chi connectivity index (χ0v) is 11.6. The van der Waals surface area contributed by atoms with Gasteiger partial charge >= 0.3 is 0 Å². The van der Waals surface area contributed by atoms with Gasteiger partial charge in [0.05, 0.1) is 5.56 Å². The minimum Gasteiger partial charge on any atom is -0.352 e. The Morgan fingerprint density at radius 3 is 2.89 bits per heavy atom. The van der Waals surface area contributed by atoms with E-state index in [1.165, 1.54) is 12.1 Å². The molecule has 1 aliphatic heterocycles. The van der Waals surface area contributed by atoms with Crippen LogP contribution < -0.4 is 10.6 Å². The summed E-state index contributed by atoms with van der Waals surface area (Å²) in [5.41, 5.74) is 0.0957. The first-order valence-corrected chi connectivity index (χ1v) is 6.90. The molecule has 0 bridgehead atoms. The smallest absolute Gasteiger partial charge is 0.254 e. The van der Waals surface area contributed by atoms with E-state index in [0.717, 1.165) is 25.9 Å². The highest BCUT2D eigenvalue weighted by atomic mass is 79.9. The van der Waals surface area contributed by atoms with Crippen LogP contribution in [0.15, 0.2) is 22.7 Å². The maximum atomic E-state index is 13.5. The van der Waals surface area contributed by atoms with Gasteiger partial charge in [-0.25, -0.2) is 4.39 Å². The molecule has 1 fully saturated rings. The monoisotopic (exact) mass is 314 g/mol. The Balaban J connectivity index is 1.92. The maximum Gasteiger partial charge on any atom is 0.254 e. The third-order valence-corrected chi connectivity index (χ3v) is 3.68. The minimum absolute atomic E-state index is 0.0957. The van der Waals surface area contributed by atoms with Crippen LogP contribution in [-0.4, -0.2) is 25.5 Å². The lowest BCUT2D eigenvalue weighted by Crippen LogP contribution is -2.36. The van der Waals surface area contributed by atoms with Gasteiger partial charge in [0.1, 0.15) is 5.82 Å². The van der Waals surface area contributed by atoms with Gasteiger partial charge in [-0.15, -0.1) is 0 Å². The van der Waals surface area contributed by atoms with E-state index in [4.69, 9.17) is 0 Å². The molecule has 1 aromatic rings. The number of carbonyl (C=O) groups excluding carboxylic acids is 1. The van der Waals surface area contributed by atoms with E-state index in [1.54, 1.807) is 6.07 Å². The number of rotatable bonds is 3. The molecule has 0 atom stereocenters. The van der Waals surface area contributed by atoms with E-state index < -0.39 is 5.82 Å². The van der Waals surface area contributed by atoms with Crippen LogP contribution in [0.25, 0.3) is 0 Å². The summed E-state index contributed by atoms with van der Waals surface area (Å²) in [6, 6.07) is 4.38. The largest absolute Gasteiger partial charge is 0.352 e.